The first-order chi connectivity index (χ1) is 12.1. The second-order valence-electron chi connectivity index (χ2n) is 6.99. The molecule has 0 saturated heterocycles. The monoisotopic (exact) mass is 395 g/mol. The van der Waals surface area contributed by atoms with Gasteiger partial charge in [0.1, 0.15) is 12.4 Å². The quantitative estimate of drug-likeness (QED) is 0.619. The lowest BCUT2D eigenvalue weighted by atomic mass is 9.77. The van der Waals surface area contributed by atoms with Crippen molar-refractivity contribution in [1.82, 2.24) is 0 Å². The second kappa shape index (κ2) is 6.72. The molecule has 1 aliphatic heterocycles. The van der Waals surface area contributed by atoms with E-state index >= 15 is 0 Å². The molecule has 0 radical (unpaired) electrons. The van der Waals surface area contributed by atoms with Gasteiger partial charge < -0.3 is 10.1 Å². The summed E-state index contributed by atoms with van der Waals surface area (Å²) < 4.78 is 7.13. The van der Waals surface area contributed by atoms with Gasteiger partial charge in [-0.3, -0.25) is 0 Å². The normalized spacial score (nSPS) is 23.5. The third kappa shape index (κ3) is 3.13. The fourth-order valence-electron chi connectivity index (χ4n) is 3.91. The fraction of sp³-hybridized carbons (Fsp3) is 0.273. The number of allylic oxidation sites excluding steroid dienone is 2. The maximum Gasteiger partial charge on any atom is 0.143 e. The zero-order valence-electron chi connectivity index (χ0n) is 14.3. The molecule has 0 bridgehead atoms. The molecule has 25 heavy (non-hydrogen) atoms. The number of para-hydroxylation sites is 1. The largest absolute Gasteiger partial charge is 0.487 e. The van der Waals surface area contributed by atoms with E-state index in [-0.39, 0.29) is 6.04 Å². The molecule has 0 fully saturated rings. The van der Waals surface area contributed by atoms with Crippen LogP contribution in [0, 0.1) is 5.92 Å². The highest BCUT2D eigenvalue weighted by Crippen LogP contribution is 2.52. The Labute approximate surface area is 157 Å². The molecule has 3 unspecified atom stereocenters. The van der Waals surface area contributed by atoms with Gasteiger partial charge in [0.2, 0.25) is 0 Å². The van der Waals surface area contributed by atoms with E-state index in [0.717, 1.165) is 27.9 Å². The minimum Gasteiger partial charge on any atom is -0.487 e. The fourth-order valence-corrected chi connectivity index (χ4v) is 4.18. The Hall–Kier alpha value is -2.00. The maximum absolute atomic E-state index is 6.02. The van der Waals surface area contributed by atoms with Crippen molar-refractivity contribution in [3.63, 3.8) is 0 Å². The van der Waals surface area contributed by atoms with Crippen LogP contribution < -0.4 is 10.1 Å². The summed E-state index contributed by atoms with van der Waals surface area (Å²) in [5.74, 6) is 1.91. The van der Waals surface area contributed by atoms with E-state index in [1.54, 1.807) is 0 Å². The zero-order valence-corrected chi connectivity index (χ0v) is 15.9. The summed E-state index contributed by atoms with van der Waals surface area (Å²) in [6, 6.07) is 15.3. The Bertz CT molecular complexity index is 824. The number of halogens is 1. The van der Waals surface area contributed by atoms with E-state index in [1.807, 2.05) is 13.0 Å². The minimum atomic E-state index is 0.287. The van der Waals surface area contributed by atoms with Crippen molar-refractivity contribution in [2.24, 2.45) is 5.92 Å². The van der Waals surface area contributed by atoms with Crippen LogP contribution in [-0.2, 0) is 0 Å². The zero-order chi connectivity index (χ0) is 17.4. The van der Waals surface area contributed by atoms with E-state index in [9.17, 15) is 0 Å². The van der Waals surface area contributed by atoms with E-state index < -0.39 is 0 Å². The highest BCUT2D eigenvalue weighted by atomic mass is 79.9. The highest BCUT2D eigenvalue weighted by molar-refractivity contribution is 9.10. The number of fused-ring (bicyclic) bond motifs is 3. The number of anilines is 1. The first kappa shape index (κ1) is 16.5. The topological polar surface area (TPSA) is 21.3 Å². The molecule has 3 heteroatoms. The van der Waals surface area contributed by atoms with Crippen LogP contribution in [-0.4, -0.2) is 6.61 Å². The van der Waals surface area contributed by atoms with Gasteiger partial charge in [0.15, 0.2) is 0 Å². The maximum atomic E-state index is 6.02. The molecule has 2 aromatic carbocycles. The standard InChI is InChI=1S/C22H22BrNO/c1-14(2)13-25-20-8-4-7-19-17-5-3-6-18(17)21(24-22(19)20)15-9-11-16(23)12-10-15/h3-5,7-12,17-18,21,24H,1,6,13H2,2H3. The number of hydrogen-bond donors (Lipinski definition) is 1. The molecule has 0 amide bonds. The Kier molecular flexibility index (Phi) is 4.43. The summed E-state index contributed by atoms with van der Waals surface area (Å²) in [4.78, 5) is 0. The van der Waals surface area contributed by atoms with E-state index in [1.165, 1.54) is 11.1 Å². The van der Waals surface area contributed by atoms with Gasteiger partial charge in [-0.1, -0.05) is 58.9 Å². The van der Waals surface area contributed by atoms with Crippen LogP contribution in [0.15, 0.2) is 71.2 Å². The Balaban J connectivity index is 1.73. The Morgan fingerprint density at radius 3 is 2.80 bits per heavy atom. The highest BCUT2D eigenvalue weighted by Gasteiger charge is 2.38. The first-order valence-corrected chi connectivity index (χ1v) is 9.51. The third-order valence-corrected chi connectivity index (χ3v) is 5.59. The minimum absolute atomic E-state index is 0.287. The van der Waals surface area contributed by atoms with Crippen molar-refractivity contribution in [2.45, 2.75) is 25.3 Å². The number of rotatable bonds is 4. The van der Waals surface area contributed by atoms with Crippen molar-refractivity contribution in [2.75, 3.05) is 11.9 Å². The predicted octanol–water partition coefficient (Wildman–Crippen LogP) is 6.23. The molecule has 2 aromatic rings. The number of benzene rings is 2. The average Bonchev–Trinajstić information content (AvgIpc) is 3.10. The second-order valence-corrected chi connectivity index (χ2v) is 7.91. The molecule has 3 atom stereocenters. The Morgan fingerprint density at radius 2 is 2.04 bits per heavy atom. The molecule has 0 aromatic heterocycles. The van der Waals surface area contributed by atoms with E-state index in [2.05, 4.69) is 76.4 Å². The molecule has 1 heterocycles. The lowest BCUT2D eigenvalue weighted by molar-refractivity contribution is 0.348. The van der Waals surface area contributed by atoms with Crippen LogP contribution in [0.25, 0.3) is 0 Å². The van der Waals surface area contributed by atoms with Crippen LogP contribution in [0.5, 0.6) is 5.75 Å². The summed E-state index contributed by atoms with van der Waals surface area (Å²) in [5.41, 5.74) is 4.81. The van der Waals surface area contributed by atoms with E-state index in [4.69, 9.17) is 4.74 Å². The number of ether oxygens (including phenoxy) is 1. The summed E-state index contributed by atoms with van der Waals surface area (Å²) in [7, 11) is 0. The van der Waals surface area contributed by atoms with Crippen molar-refractivity contribution >= 4 is 21.6 Å². The van der Waals surface area contributed by atoms with Gasteiger partial charge in [-0.05, 0) is 54.2 Å². The van der Waals surface area contributed by atoms with Crippen LogP contribution in [0.3, 0.4) is 0 Å². The smallest absolute Gasteiger partial charge is 0.143 e. The van der Waals surface area contributed by atoms with Crippen molar-refractivity contribution in [1.29, 1.82) is 0 Å². The Morgan fingerprint density at radius 1 is 1.24 bits per heavy atom. The van der Waals surface area contributed by atoms with Crippen LogP contribution in [0.1, 0.15) is 36.4 Å². The van der Waals surface area contributed by atoms with Gasteiger partial charge in [-0.15, -0.1) is 0 Å². The summed E-state index contributed by atoms with van der Waals surface area (Å²) in [5, 5.41) is 3.79. The van der Waals surface area contributed by atoms with Gasteiger partial charge in [-0.2, -0.15) is 0 Å². The third-order valence-electron chi connectivity index (χ3n) is 5.06. The van der Waals surface area contributed by atoms with Gasteiger partial charge in [0.05, 0.1) is 11.7 Å². The van der Waals surface area contributed by atoms with Gasteiger partial charge in [-0.25, -0.2) is 0 Å². The lowest BCUT2D eigenvalue weighted by Gasteiger charge is -2.38. The molecule has 1 aliphatic carbocycles. The molecule has 128 valence electrons. The molecule has 2 aliphatic rings. The number of nitrogens with one attached hydrogen (secondary N) is 1. The molecule has 1 N–H and O–H groups in total. The first-order valence-electron chi connectivity index (χ1n) is 8.72. The van der Waals surface area contributed by atoms with Crippen LogP contribution in [0.4, 0.5) is 5.69 Å². The summed E-state index contributed by atoms with van der Waals surface area (Å²) in [6.07, 6.45) is 5.78. The average molecular weight is 396 g/mol. The molecular weight excluding hydrogens is 374 g/mol. The van der Waals surface area contributed by atoms with Gasteiger partial charge in [0, 0.05) is 10.4 Å². The van der Waals surface area contributed by atoms with Crippen LogP contribution in [0.2, 0.25) is 0 Å². The van der Waals surface area contributed by atoms with Gasteiger partial charge >= 0.3 is 0 Å². The van der Waals surface area contributed by atoms with Crippen LogP contribution >= 0.6 is 15.9 Å². The lowest BCUT2D eigenvalue weighted by Crippen LogP contribution is -2.29. The molecular formula is C22H22BrNO. The molecule has 0 spiro atoms. The summed E-state index contributed by atoms with van der Waals surface area (Å²) in [6.45, 7) is 6.48. The molecule has 2 nitrogen and oxygen atoms in total. The van der Waals surface area contributed by atoms with E-state index in [0.29, 0.717) is 18.4 Å². The van der Waals surface area contributed by atoms with Gasteiger partial charge in [0.25, 0.3) is 0 Å². The summed E-state index contributed by atoms with van der Waals surface area (Å²) >= 11 is 3.54. The number of hydrogen-bond acceptors (Lipinski definition) is 2. The SMILES string of the molecule is C=C(C)COc1cccc2c1NC(c1ccc(Br)cc1)C1CC=CC21. The van der Waals surface area contributed by atoms with Crippen molar-refractivity contribution in [3.05, 3.63) is 82.4 Å². The molecule has 4 rings (SSSR count). The molecule has 0 saturated carbocycles. The van der Waals surface area contributed by atoms with Crippen molar-refractivity contribution in [3.8, 4) is 5.75 Å². The predicted molar refractivity (Wildman–Crippen MR) is 107 cm³/mol. The van der Waals surface area contributed by atoms with Crippen molar-refractivity contribution < 1.29 is 4.74 Å².